The number of carbonyl (C=O) groups excluding carboxylic acids is 1. The van der Waals surface area contributed by atoms with Gasteiger partial charge in [0, 0.05) is 29.7 Å². The summed E-state index contributed by atoms with van der Waals surface area (Å²) < 4.78 is 5.71. The van der Waals surface area contributed by atoms with E-state index in [2.05, 4.69) is 15.5 Å². The number of hydrogen-bond donors (Lipinski definition) is 1. The minimum Gasteiger partial charge on any atom is -0.489 e. The molecule has 6 heteroatoms. The highest BCUT2D eigenvalue weighted by Gasteiger charge is 2.14. The fourth-order valence-corrected chi connectivity index (χ4v) is 1.79. The van der Waals surface area contributed by atoms with Crippen molar-refractivity contribution in [2.75, 3.05) is 5.32 Å². The number of pyridine rings is 1. The number of nitrogens with one attached hydrogen (secondary N) is 1. The Kier molecular flexibility index (Phi) is 6.31. The van der Waals surface area contributed by atoms with E-state index in [4.69, 9.17) is 9.57 Å². The molecule has 1 N–H and O–H groups in total. The van der Waals surface area contributed by atoms with Gasteiger partial charge in [0.1, 0.15) is 12.4 Å². The number of amides is 1. The van der Waals surface area contributed by atoms with Gasteiger partial charge in [-0.2, -0.15) is 0 Å². The van der Waals surface area contributed by atoms with Crippen LogP contribution in [-0.4, -0.2) is 22.7 Å². The molecule has 2 aromatic rings. The number of hydrogen-bond acceptors (Lipinski definition) is 5. The first-order chi connectivity index (χ1) is 11.5. The van der Waals surface area contributed by atoms with Crippen molar-refractivity contribution >= 4 is 17.3 Å². The van der Waals surface area contributed by atoms with Gasteiger partial charge in [-0.3, -0.25) is 9.78 Å². The van der Waals surface area contributed by atoms with Gasteiger partial charge in [-0.25, -0.2) is 0 Å². The predicted molar refractivity (Wildman–Crippen MR) is 93.0 cm³/mol. The van der Waals surface area contributed by atoms with Crippen molar-refractivity contribution in [3.05, 3.63) is 54.4 Å². The number of anilines is 1. The summed E-state index contributed by atoms with van der Waals surface area (Å²) in [6.45, 7) is 5.65. The molecule has 1 heterocycles. The average molecular weight is 327 g/mol. The summed E-state index contributed by atoms with van der Waals surface area (Å²) >= 11 is 0. The van der Waals surface area contributed by atoms with Crippen LogP contribution in [-0.2, 0) is 16.2 Å². The van der Waals surface area contributed by atoms with Crippen LogP contribution in [0.15, 0.2) is 53.9 Å². The molecule has 0 aliphatic carbocycles. The zero-order valence-electron chi connectivity index (χ0n) is 14.0. The SMILES string of the molecule is CC(C)=NOC(C)C(=O)Nc1cccc(OCc2cccnc2)c1. The lowest BCUT2D eigenvalue weighted by Gasteiger charge is -2.12. The number of nitrogens with zero attached hydrogens (tertiary/aromatic N) is 2. The first-order valence-electron chi connectivity index (χ1n) is 7.64. The summed E-state index contributed by atoms with van der Waals surface area (Å²) in [4.78, 5) is 21.2. The van der Waals surface area contributed by atoms with Crippen molar-refractivity contribution in [3.8, 4) is 5.75 Å². The molecule has 6 nitrogen and oxygen atoms in total. The molecule has 2 rings (SSSR count). The van der Waals surface area contributed by atoms with Crippen LogP contribution in [0.1, 0.15) is 26.3 Å². The molecule has 1 amide bonds. The molecule has 1 aromatic heterocycles. The van der Waals surface area contributed by atoms with E-state index < -0.39 is 6.10 Å². The minimum atomic E-state index is -0.681. The van der Waals surface area contributed by atoms with Gasteiger partial charge in [0.15, 0.2) is 0 Å². The molecule has 0 bridgehead atoms. The van der Waals surface area contributed by atoms with E-state index in [1.54, 1.807) is 45.3 Å². The third kappa shape index (κ3) is 5.72. The minimum absolute atomic E-state index is 0.274. The Balaban J connectivity index is 1.92. The lowest BCUT2D eigenvalue weighted by Crippen LogP contribution is -2.26. The largest absolute Gasteiger partial charge is 0.489 e. The number of rotatable bonds is 7. The Morgan fingerprint density at radius 2 is 2.12 bits per heavy atom. The zero-order valence-corrected chi connectivity index (χ0v) is 14.0. The highest BCUT2D eigenvalue weighted by Crippen LogP contribution is 2.19. The molecule has 0 aliphatic rings. The number of ether oxygens (including phenoxy) is 1. The molecular weight excluding hydrogens is 306 g/mol. The van der Waals surface area contributed by atoms with Gasteiger partial charge in [-0.05, 0) is 39.0 Å². The van der Waals surface area contributed by atoms with Crippen LogP contribution in [0.2, 0.25) is 0 Å². The molecule has 1 atom stereocenters. The lowest BCUT2D eigenvalue weighted by atomic mass is 10.2. The van der Waals surface area contributed by atoms with E-state index in [1.807, 2.05) is 24.3 Å². The van der Waals surface area contributed by atoms with Crippen molar-refractivity contribution in [1.29, 1.82) is 0 Å². The summed E-state index contributed by atoms with van der Waals surface area (Å²) in [5.74, 6) is 0.386. The van der Waals surface area contributed by atoms with Crippen molar-refractivity contribution in [2.45, 2.75) is 33.5 Å². The maximum atomic E-state index is 12.1. The molecule has 1 unspecified atom stereocenters. The third-order valence-electron chi connectivity index (χ3n) is 2.99. The van der Waals surface area contributed by atoms with E-state index in [9.17, 15) is 4.79 Å². The molecule has 0 fully saturated rings. The van der Waals surface area contributed by atoms with Crippen LogP contribution < -0.4 is 10.1 Å². The average Bonchev–Trinajstić information content (AvgIpc) is 2.59. The third-order valence-corrected chi connectivity index (χ3v) is 2.99. The molecule has 0 spiro atoms. The second-order valence-corrected chi connectivity index (χ2v) is 5.45. The van der Waals surface area contributed by atoms with E-state index in [-0.39, 0.29) is 5.91 Å². The Morgan fingerprint density at radius 3 is 2.83 bits per heavy atom. The van der Waals surface area contributed by atoms with E-state index in [1.165, 1.54) is 0 Å². The Hall–Kier alpha value is -2.89. The number of carbonyl (C=O) groups is 1. The van der Waals surface area contributed by atoms with Crippen LogP contribution in [0.4, 0.5) is 5.69 Å². The lowest BCUT2D eigenvalue weighted by molar-refractivity contribution is -0.126. The summed E-state index contributed by atoms with van der Waals surface area (Å²) in [5.41, 5.74) is 2.36. The summed E-state index contributed by atoms with van der Waals surface area (Å²) in [5, 5.41) is 6.57. The maximum absolute atomic E-state index is 12.1. The highest BCUT2D eigenvalue weighted by atomic mass is 16.6. The number of benzene rings is 1. The smallest absolute Gasteiger partial charge is 0.267 e. The predicted octanol–water partition coefficient (Wildman–Crippen LogP) is 3.40. The number of oxime groups is 1. The second kappa shape index (κ2) is 8.67. The maximum Gasteiger partial charge on any atom is 0.267 e. The highest BCUT2D eigenvalue weighted by molar-refractivity contribution is 5.94. The molecule has 0 radical (unpaired) electrons. The van der Waals surface area contributed by atoms with Gasteiger partial charge in [0.25, 0.3) is 5.91 Å². The summed E-state index contributed by atoms with van der Waals surface area (Å²) in [6.07, 6.45) is 2.79. The number of aromatic nitrogens is 1. The van der Waals surface area contributed by atoms with Gasteiger partial charge in [-0.1, -0.05) is 17.3 Å². The fourth-order valence-electron chi connectivity index (χ4n) is 1.79. The van der Waals surface area contributed by atoms with E-state index >= 15 is 0 Å². The molecule has 0 saturated carbocycles. The zero-order chi connectivity index (χ0) is 17.4. The van der Waals surface area contributed by atoms with Crippen molar-refractivity contribution in [2.24, 2.45) is 5.16 Å². The van der Waals surface area contributed by atoms with Gasteiger partial charge in [0.2, 0.25) is 6.10 Å². The van der Waals surface area contributed by atoms with E-state index in [0.717, 1.165) is 11.3 Å². The molecular formula is C18H21N3O3. The fraction of sp³-hybridized carbons (Fsp3) is 0.278. The second-order valence-electron chi connectivity index (χ2n) is 5.45. The standard InChI is InChI=1S/C18H21N3O3/c1-13(2)21-24-14(3)18(22)20-16-7-4-8-17(10-16)23-12-15-6-5-9-19-11-15/h4-11,14H,12H2,1-3H3,(H,20,22). The van der Waals surface area contributed by atoms with Crippen LogP contribution in [0, 0.1) is 0 Å². The van der Waals surface area contributed by atoms with Crippen LogP contribution in [0.5, 0.6) is 5.75 Å². The van der Waals surface area contributed by atoms with Crippen molar-refractivity contribution in [3.63, 3.8) is 0 Å². The van der Waals surface area contributed by atoms with Gasteiger partial charge in [-0.15, -0.1) is 0 Å². The Labute approximate surface area is 141 Å². The summed E-state index contributed by atoms with van der Waals surface area (Å²) in [6, 6.07) is 11.0. The van der Waals surface area contributed by atoms with Crippen molar-refractivity contribution < 1.29 is 14.4 Å². The topological polar surface area (TPSA) is 72.8 Å². The Morgan fingerprint density at radius 1 is 1.29 bits per heavy atom. The van der Waals surface area contributed by atoms with Gasteiger partial charge < -0.3 is 14.9 Å². The van der Waals surface area contributed by atoms with E-state index in [0.29, 0.717) is 18.0 Å². The van der Waals surface area contributed by atoms with Crippen LogP contribution >= 0.6 is 0 Å². The summed E-state index contributed by atoms with van der Waals surface area (Å²) in [7, 11) is 0. The van der Waals surface area contributed by atoms with Crippen molar-refractivity contribution in [1.82, 2.24) is 4.98 Å². The molecule has 1 aromatic carbocycles. The normalized spacial score (nSPS) is 11.3. The quantitative estimate of drug-likeness (QED) is 0.625. The van der Waals surface area contributed by atoms with Crippen LogP contribution in [0.3, 0.4) is 0 Å². The van der Waals surface area contributed by atoms with Crippen LogP contribution in [0.25, 0.3) is 0 Å². The first-order valence-corrected chi connectivity index (χ1v) is 7.64. The molecule has 24 heavy (non-hydrogen) atoms. The van der Waals surface area contributed by atoms with Gasteiger partial charge >= 0.3 is 0 Å². The molecule has 0 aliphatic heterocycles. The first kappa shape index (κ1) is 17.5. The molecule has 126 valence electrons. The molecule has 0 saturated heterocycles. The Bertz CT molecular complexity index is 698. The van der Waals surface area contributed by atoms with Gasteiger partial charge in [0.05, 0.1) is 5.71 Å². The monoisotopic (exact) mass is 327 g/mol.